The Bertz CT molecular complexity index is 1130. The van der Waals surface area contributed by atoms with Crippen molar-refractivity contribution in [2.45, 2.75) is 0 Å². The van der Waals surface area contributed by atoms with E-state index >= 15 is 0 Å². The molecule has 0 aromatic heterocycles. The summed E-state index contributed by atoms with van der Waals surface area (Å²) >= 11 is 0. The van der Waals surface area contributed by atoms with Gasteiger partial charge in [-0.15, -0.1) is 0 Å². The molecular weight excluding hydrogens is 412 g/mol. The van der Waals surface area contributed by atoms with Gasteiger partial charge in [-0.25, -0.2) is 10.2 Å². The number of esters is 1. The number of hydrogen-bond acceptors (Lipinski definition) is 7. The standard InChI is InChI=1S/C24H22N2O6/c1-29-19-12-10-18(14-22(19)31-3)23(27)26-25-15-16-9-11-20(21(13-16)30-2)32-24(28)17-7-5-4-6-8-17/h4-15H,1-3H3,(H,26,27). The minimum atomic E-state index is -0.493. The molecule has 32 heavy (non-hydrogen) atoms. The van der Waals surface area contributed by atoms with Gasteiger partial charge in [-0.05, 0) is 54.1 Å². The third-order valence-corrected chi connectivity index (χ3v) is 4.43. The first kappa shape index (κ1) is 22.4. The van der Waals surface area contributed by atoms with Crippen LogP contribution in [0.5, 0.6) is 23.0 Å². The molecule has 0 atom stereocenters. The first-order valence-electron chi connectivity index (χ1n) is 9.56. The topological polar surface area (TPSA) is 95.5 Å². The van der Waals surface area contributed by atoms with Crippen molar-refractivity contribution in [3.63, 3.8) is 0 Å². The molecule has 0 unspecified atom stereocenters. The Balaban J connectivity index is 1.67. The molecule has 8 heteroatoms. The summed E-state index contributed by atoms with van der Waals surface area (Å²) in [5.41, 5.74) is 3.87. The van der Waals surface area contributed by atoms with E-state index in [2.05, 4.69) is 10.5 Å². The fraction of sp³-hybridized carbons (Fsp3) is 0.125. The van der Waals surface area contributed by atoms with E-state index < -0.39 is 11.9 Å². The van der Waals surface area contributed by atoms with Gasteiger partial charge < -0.3 is 18.9 Å². The van der Waals surface area contributed by atoms with E-state index in [9.17, 15) is 9.59 Å². The lowest BCUT2D eigenvalue weighted by atomic mass is 10.2. The Hall–Kier alpha value is -4.33. The smallest absolute Gasteiger partial charge is 0.343 e. The number of carbonyl (C=O) groups excluding carboxylic acids is 2. The Labute approximate surface area is 185 Å². The molecule has 0 radical (unpaired) electrons. The lowest BCUT2D eigenvalue weighted by Gasteiger charge is -2.10. The zero-order valence-corrected chi connectivity index (χ0v) is 17.8. The summed E-state index contributed by atoms with van der Waals surface area (Å²) < 4.78 is 21.1. The van der Waals surface area contributed by atoms with Crippen LogP contribution in [0.4, 0.5) is 0 Å². The van der Waals surface area contributed by atoms with E-state index in [1.807, 2.05) is 6.07 Å². The molecule has 0 saturated heterocycles. The van der Waals surface area contributed by atoms with Gasteiger partial charge in [0, 0.05) is 5.56 Å². The van der Waals surface area contributed by atoms with Crippen molar-refractivity contribution in [2.24, 2.45) is 5.10 Å². The van der Waals surface area contributed by atoms with E-state index in [0.717, 1.165) is 0 Å². The van der Waals surface area contributed by atoms with Gasteiger partial charge in [0.1, 0.15) is 0 Å². The van der Waals surface area contributed by atoms with Gasteiger partial charge in [0.2, 0.25) is 0 Å². The average molecular weight is 434 g/mol. The van der Waals surface area contributed by atoms with Crippen LogP contribution < -0.4 is 24.4 Å². The fourth-order valence-electron chi connectivity index (χ4n) is 2.79. The largest absolute Gasteiger partial charge is 0.493 e. The van der Waals surface area contributed by atoms with E-state index in [-0.39, 0.29) is 5.75 Å². The number of nitrogens with one attached hydrogen (secondary N) is 1. The van der Waals surface area contributed by atoms with Crippen LogP contribution >= 0.6 is 0 Å². The fourth-order valence-corrected chi connectivity index (χ4v) is 2.79. The molecule has 1 N–H and O–H groups in total. The number of hydrazone groups is 1. The second kappa shape index (κ2) is 10.6. The van der Waals surface area contributed by atoms with Crippen molar-refractivity contribution in [1.82, 2.24) is 5.43 Å². The van der Waals surface area contributed by atoms with Gasteiger partial charge >= 0.3 is 5.97 Å². The van der Waals surface area contributed by atoms with Crippen LogP contribution in [-0.4, -0.2) is 39.4 Å². The first-order chi connectivity index (χ1) is 15.5. The predicted octanol–water partition coefficient (Wildman–Crippen LogP) is 3.70. The van der Waals surface area contributed by atoms with Gasteiger partial charge in [-0.3, -0.25) is 4.79 Å². The van der Waals surface area contributed by atoms with E-state index in [4.69, 9.17) is 18.9 Å². The van der Waals surface area contributed by atoms with E-state index in [1.54, 1.807) is 60.7 Å². The van der Waals surface area contributed by atoms with Gasteiger partial charge in [0.15, 0.2) is 23.0 Å². The zero-order chi connectivity index (χ0) is 22.9. The average Bonchev–Trinajstić information content (AvgIpc) is 2.84. The zero-order valence-electron chi connectivity index (χ0n) is 17.8. The van der Waals surface area contributed by atoms with Crippen LogP contribution in [0, 0.1) is 0 Å². The normalized spacial score (nSPS) is 10.5. The van der Waals surface area contributed by atoms with Gasteiger partial charge in [-0.1, -0.05) is 18.2 Å². The van der Waals surface area contributed by atoms with Crippen LogP contribution in [-0.2, 0) is 0 Å². The number of ether oxygens (including phenoxy) is 4. The van der Waals surface area contributed by atoms with Crippen LogP contribution in [0.15, 0.2) is 71.8 Å². The summed E-state index contributed by atoms with van der Waals surface area (Å²) in [7, 11) is 4.48. The van der Waals surface area contributed by atoms with E-state index in [0.29, 0.717) is 33.9 Å². The van der Waals surface area contributed by atoms with Crippen molar-refractivity contribution in [3.8, 4) is 23.0 Å². The molecule has 0 spiro atoms. The SMILES string of the molecule is COc1ccc(C(=O)NN=Cc2ccc(OC(=O)c3ccccc3)c(OC)c2)cc1OC. The number of hydrogen-bond donors (Lipinski definition) is 1. The van der Waals surface area contributed by atoms with Crippen LogP contribution in [0.25, 0.3) is 0 Å². The molecule has 164 valence electrons. The Morgan fingerprint density at radius 2 is 1.41 bits per heavy atom. The van der Waals surface area contributed by atoms with Crippen molar-refractivity contribution < 1.29 is 28.5 Å². The molecule has 3 aromatic rings. The third kappa shape index (κ3) is 5.42. The number of benzene rings is 3. The summed E-state index contributed by atoms with van der Waals surface area (Å²) in [6, 6.07) is 18.4. The molecule has 8 nitrogen and oxygen atoms in total. The molecule has 0 aliphatic carbocycles. The number of amides is 1. The summed E-state index contributed by atoms with van der Waals surface area (Å²) in [4.78, 5) is 24.6. The monoisotopic (exact) mass is 434 g/mol. The van der Waals surface area contributed by atoms with Gasteiger partial charge in [-0.2, -0.15) is 5.10 Å². The molecule has 1 amide bonds. The predicted molar refractivity (Wildman–Crippen MR) is 119 cm³/mol. The molecular formula is C24H22N2O6. The highest BCUT2D eigenvalue weighted by Crippen LogP contribution is 2.29. The number of nitrogens with zero attached hydrogens (tertiary/aromatic N) is 1. The van der Waals surface area contributed by atoms with Crippen LogP contribution in [0.3, 0.4) is 0 Å². The lowest BCUT2D eigenvalue weighted by molar-refractivity contribution is 0.0729. The molecule has 0 aliphatic heterocycles. The minimum absolute atomic E-state index is 0.271. The highest BCUT2D eigenvalue weighted by Gasteiger charge is 2.13. The summed E-state index contributed by atoms with van der Waals surface area (Å²) in [6.45, 7) is 0. The van der Waals surface area contributed by atoms with Gasteiger partial charge in [0.05, 0.1) is 33.1 Å². The van der Waals surface area contributed by atoms with Crippen LogP contribution in [0.1, 0.15) is 26.3 Å². The Morgan fingerprint density at radius 3 is 2.09 bits per heavy atom. The molecule has 0 aliphatic rings. The maximum Gasteiger partial charge on any atom is 0.343 e. The third-order valence-electron chi connectivity index (χ3n) is 4.43. The summed E-state index contributed by atoms with van der Waals surface area (Å²) in [6.07, 6.45) is 1.45. The molecule has 3 aromatic carbocycles. The van der Waals surface area contributed by atoms with Crippen LogP contribution in [0.2, 0.25) is 0 Å². The van der Waals surface area contributed by atoms with Crippen molar-refractivity contribution >= 4 is 18.1 Å². The molecule has 0 fully saturated rings. The number of methoxy groups -OCH3 is 3. The highest BCUT2D eigenvalue weighted by molar-refractivity contribution is 5.95. The molecule has 0 bridgehead atoms. The second-order valence-corrected chi connectivity index (χ2v) is 6.43. The maximum absolute atomic E-state index is 12.3. The quantitative estimate of drug-likeness (QED) is 0.251. The van der Waals surface area contributed by atoms with Crippen molar-refractivity contribution in [1.29, 1.82) is 0 Å². The molecule has 0 saturated carbocycles. The Morgan fingerprint density at radius 1 is 0.750 bits per heavy atom. The molecule has 3 rings (SSSR count). The second-order valence-electron chi connectivity index (χ2n) is 6.43. The van der Waals surface area contributed by atoms with Crippen molar-refractivity contribution in [3.05, 3.63) is 83.4 Å². The highest BCUT2D eigenvalue weighted by atomic mass is 16.6. The maximum atomic E-state index is 12.3. The summed E-state index contributed by atoms with van der Waals surface area (Å²) in [5, 5.41) is 3.97. The minimum Gasteiger partial charge on any atom is -0.493 e. The Kier molecular flexibility index (Phi) is 7.42. The number of rotatable bonds is 8. The molecule has 0 heterocycles. The summed E-state index contributed by atoms with van der Waals surface area (Å²) in [5.74, 6) is 0.676. The lowest BCUT2D eigenvalue weighted by Crippen LogP contribution is -2.17. The first-order valence-corrected chi connectivity index (χ1v) is 9.56. The van der Waals surface area contributed by atoms with Gasteiger partial charge in [0.25, 0.3) is 5.91 Å². The van der Waals surface area contributed by atoms with Crippen molar-refractivity contribution in [2.75, 3.05) is 21.3 Å². The van der Waals surface area contributed by atoms with E-state index in [1.165, 1.54) is 27.5 Å². The number of carbonyl (C=O) groups is 2.